The molecule has 2 heterocycles. The molecule has 10 heteroatoms. The van der Waals surface area contributed by atoms with Crippen LogP contribution < -0.4 is 10.7 Å². The molecular weight excluding hydrogens is 410 g/mol. The summed E-state index contributed by atoms with van der Waals surface area (Å²) in [4.78, 5) is 27.0. The van der Waals surface area contributed by atoms with Gasteiger partial charge >= 0.3 is 0 Å². The standard InChI is InChI=1S/C20H28ClN5O4/c1-24-23-16(13-30-2)11-25(24)8-7-19(28)26-12-17(27)9-18(26)20(29)22-10-14-3-5-15(21)6-4-14/h3-6,11,17-18,23,27H,7-10,12-13H2,1-2H3,(H,22,29)/t17-,18+/m1/s1. The van der Waals surface area contributed by atoms with E-state index in [1.54, 1.807) is 24.4 Å². The average Bonchev–Trinajstić information content (AvgIpc) is 3.28. The highest BCUT2D eigenvalue weighted by molar-refractivity contribution is 6.30. The summed E-state index contributed by atoms with van der Waals surface area (Å²) in [5.74, 6) is -0.433. The van der Waals surface area contributed by atoms with Crippen LogP contribution in [-0.4, -0.2) is 77.9 Å². The highest BCUT2D eigenvalue weighted by atomic mass is 35.5. The highest BCUT2D eigenvalue weighted by Crippen LogP contribution is 2.20. The molecule has 2 aliphatic rings. The van der Waals surface area contributed by atoms with E-state index in [1.807, 2.05) is 30.4 Å². The number of aliphatic hydroxyl groups excluding tert-OH is 1. The Bertz CT molecular complexity index is 788. The summed E-state index contributed by atoms with van der Waals surface area (Å²) in [6.45, 7) is 1.39. The Balaban J connectivity index is 1.53. The molecular formula is C20H28ClN5O4. The van der Waals surface area contributed by atoms with E-state index in [9.17, 15) is 14.7 Å². The van der Waals surface area contributed by atoms with Crippen LogP contribution in [-0.2, 0) is 20.9 Å². The fraction of sp³-hybridized carbons (Fsp3) is 0.500. The number of nitrogens with zero attached hydrogens (tertiary/aromatic N) is 3. The number of ether oxygens (including phenoxy) is 1. The summed E-state index contributed by atoms with van der Waals surface area (Å²) in [6, 6.07) is 6.51. The van der Waals surface area contributed by atoms with Gasteiger partial charge in [-0.1, -0.05) is 23.7 Å². The number of hydrogen-bond acceptors (Lipinski definition) is 7. The first-order valence-corrected chi connectivity index (χ1v) is 10.2. The number of halogens is 1. The van der Waals surface area contributed by atoms with Crippen molar-refractivity contribution in [2.75, 3.05) is 33.9 Å². The maximum Gasteiger partial charge on any atom is 0.243 e. The molecule has 2 amide bonds. The summed E-state index contributed by atoms with van der Waals surface area (Å²) in [7, 11) is 3.46. The average molecular weight is 438 g/mol. The van der Waals surface area contributed by atoms with Crippen molar-refractivity contribution in [2.24, 2.45) is 0 Å². The van der Waals surface area contributed by atoms with Crippen LogP contribution in [0.15, 0.2) is 36.2 Å². The molecule has 0 aromatic heterocycles. The molecule has 2 atom stereocenters. The van der Waals surface area contributed by atoms with Crippen molar-refractivity contribution in [3.8, 4) is 0 Å². The maximum atomic E-state index is 12.8. The van der Waals surface area contributed by atoms with Crippen LogP contribution in [0.25, 0.3) is 0 Å². The second kappa shape index (κ2) is 10.1. The predicted molar refractivity (Wildman–Crippen MR) is 112 cm³/mol. The van der Waals surface area contributed by atoms with Gasteiger partial charge in [-0.25, -0.2) is 0 Å². The number of β-amino-alcohol motifs (C(OH)–C–C–N with tert-alkyl or cyclic N) is 1. The van der Waals surface area contributed by atoms with Gasteiger partial charge in [0.05, 0.1) is 18.4 Å². The number of likely N-dealkylation sites (tertiary alicyclic amines) is 1. The molecule has 1 fully saturated rings. The van der Waals surface area contributed by atoms with Gasteiger partial charge in [-0.3, -0.25) is 14.6 Å². The SMILES string of the molecule is COCC1=CN(CCC(=O)N2C[C@H](O)C[C@H]2C(=O)NCc2ccc(Cl)cc2)N(C)N1. The van der Waals surface area contributed by atoms with Gasteiger partial charge in [0.2, 0.25) is 11.8 Å². The van der Waals surface area contributed by atoms with E-state index in [0.717, 1.165) is 11.3 Å². The lowest BCUT2D eigenvalue weighted by atomic mass is 10.1. The number of carbonyl (C=O) groups excluding carboxylic acids is 2. The van der Waals surface area contributed by atoms with Gasteiger partial charge in [0.25, 0.3) is 0 Å². The minimum absolute atomic E-state index is 0.163. The molecule has 0 bridgehead atoms. The third-order valence-corrected chi connectivity index (χ3v) is 5.38. The fourth-order valence-corrected chi connectivity index (χ4v) is 3.73. The van der Waals surface area contributed by atoms with Gasteiger partial charge < -0.3 is 25.5 Å². The largest absolute Gasteiger partial charge is 0.391 e. The van der Waals surface area contributed by atoms with Gasteiger partial charge in [0, 0.05) is 57.9 Å². The lowest BCUT2D eigenvalue weighted by Crippen LogP contribution is -2.47. The Morgan fingerprint density at radius 2 is 2.07 bits per heavy atom. The molecule has 0 spiro atoms. The molecule has 0 unspecified atom stereocenters. The van der Waals surface area contributed by atoms with Crippen LogP contribution in [0.3, 0.4) is 0 Å². The zero-order valence-corrected chi connectivity index (χ0v) is 17.9. The number of carbonyl (C=O) groups is 2. The molecule has 0 radical (unpaired) electrons. The minimum Gasteiger partial charge on any atom is -0.391 e. The lowest BCUT2D eigenvalue weighted by Gasteiger charge is -2.27. The molecule has 3 rings (SSSR count). The zero-order valence-electron chi connectivity index (χ0n) is 17.2. The summed E-state index contributed by atoms with van der Waals surface area (Å²) >= 11 is 5.88. The van der Waals surface area contributed by atoms with E-state index < -0.39 is 12.1 Å². The van der Waals surface area contributed by atoms with E-state index in [1.165, 1.54) is 4.90 Å². The number of amides is 2. The Morgan fingerprint density at radius 1 is 1.33 bits per heavy atom. The number of rotatable bonds is 8. The van der Waals surface area contributed by atoms with Gasteiger partial charge in [-0.15, -0.1) is 5.12 Å². The topological polar surface area (TPSA) is 97.4 Å². The van der Waals surface area contributed by atoms with Crippen LogP contribution in [0.2, 0.25) is 5.02 Å². The smallest absolute Gasteiger partial charge is 0.243 e. The van der Waals surface area contributed by atoms with Crippen molar-refractivity contribution in [3.05, 3.63) is 46.7 Å². The lowest BCUT2D eigenvalue weighted by molar-refractivity contribution is -0.139. The van der Waals surface area contributed by atoms with E-state index in [4.69, 9.17) is 16.3 Å². The van der Waals surface area contributed by atoms with Gasteiger partial charge in [-0.2, -0.15) is 0 Å². The van der Waals surface area contributed by atoms with Crippen LogP contribution in [0, 0.1) is 0 Å². The van der Waals surface area contributed by atoms with Crippen LogP contribution in [0.5, 0.6) is 0 Å². The van der Waals surface area contributed by atoms with Crippen molar-refractivity contribution >= 4 is 23.4 Å². The fourth-order valence-electron chi connectivity index (χ4n) is 3.61. The second-order valence-electron chi connectivity index (χ2n) is 7.43. The number of methoxy groups -OCH3 is 1. The molecule has 9 nitrogen and oxygen atoms in total. The number of nitrogens with one attached hydrogen (secondary N) is 2. The Morgan fingerprint density at radius 3 is 2.77 bits per heavy atom. The molecule has 0 saturated carbocycles. The van der Waals surface area contributed by atoms with Crippen molar-refractivity contribution in [1.29, 1.82) is 0 Å². The number of aliphatic hydroxyl groups is 1. The third kappa shape index (κ3) is 5.63. The van der Waals surface area contributed by atoms with Gasteiger partial charge in [0.15, 0.2) is 0 Å². The number of hydrogen-bond donors (Lipinski definition) is 3. The third-order valence-electron chi connectivity index (χ3n) is 5.13. The molecule has 2 aliphatic heterocycles. The van der Waals surface area contributed by atoms with Crippen molar-refractivity contribution in [1.82, 2.24) is 25.8 Å². The number of hydrazine groups is 2. The van der Waals surface area contributed by atoms with Gasteiger partial charge in [-0.05, 0) is 17.7 Å². The normalized spacial score (nSPS) is 21.5. The van der Waals surface area contributed by atoms with E-state index in [-0.39, 0.29) is 31.2 Å². The second-order valence-corrected chi connectivity index (χ2v) is 7.87. The van der Waals surface area contributed by atoms with Crippen molar-refractivity contribution in [3.63, 3.8) is 0 Å². The number of benzene rings is 1. The van der Waals surface area contributed by atoms with Crippen LogP contribution in [0.4, 0.5) is 0 Å². The predicted octanol–water partition coefficient (Wildman–Crippen LogP) is 0.463. The maximum absolute atomic E-state index is 12.8. The van der Waals surface area contributed by atoms with Crippen molar-refractivity contribution < 1.29 is 19.4 Å². The zero-order chi connectivity index (χ0) is 21.7. The molecule has 30 heavy (non-hydrogen) atoms. The van der Waals surface area contributed by atoms with Crippen LogP contribution >= 0.6 is 11.6 Å². The summed E-state index contributed by atoms with van der Waals surface area (Å²) in [5, 5.41) is 17.2. The van der Waals surface area contributed by atoms with E-state index in [2.05, 4.69) is 10.7 Å². The monoisotopic (exact) mass is 437 g/mol. The first-order valence-electron chi connectivity index (χ1n) is 9.83. The Hall–Kier alpha value is -2.33. The summed E-state index contributed by atoms with van der Waals surface area (Å²) in [5.41, 5.74) is 4.93. The first kappa shape index (κ1) is 22.4. The molecule has 1 aromatic rings. The van der Waals surface area contributed by atoms with Gasteiger partial charge in [0.1, 0.15) is 6.04 Å². The summed E-state index contributed by atoms with van der Waals surface area (Å²) < 4.78 is 5.10. The molecule has 164 valence electrons. The first-order chi connectivity index (χ1) is 14.4. The Labute approximate surface area is 181 Å². The van der Waals surface area contributed by atoms with E-state index in [0.29, 0.717) is 24.7 Å². The van der Waals surface area contributed by atoms with Crippen molar-refractivity contribution in [2.45, 2.75) is 31.5 Å². The molecule has 1 saturated heterocycles. The minimum atomic E-state index is -0.704. The highest BCUT2D eigenvalue weighted by Gasteiger charge is 2.38. The summed E-state index contributed by atoms with van der Waals surface area (Å²) in [6.07, 6.45) is 1.63. The Kier molecular flexibility index (Phi) is 7.54. The quantitative estimate of drug-likeness (QED) is 0.543. The molecule has 1 aromatic carbocycles. The van der Waals surface area contributed by atoms with Crippen LogP contribution in [0.1, 0.15) is 18.4 Å². The molecule has 3 N–H and O–H groups in total. The van der Waals surface area contributed by atoms with E-state index >= 15 is 0 Å². The molecule has 0 aliphatic carbocycles.